The lowest BCUT2D eigenvalue weighted by Gasteiger charge is -2.31. The molecule has 2 saturated heterocycles. The Morgan fingerprint density at radius 2 is 1.04 bits per heavy atom. The number of amides is 2. The maximum Gasteiger partial charge on any atom is 0.245 e. The minimum Gasteiger partial charge on any atom is -0.340 e. The molecule has 0 radical (unpaired) electrons. The van der Waals surface area contributed by atoms with Gasteiger partial charge in [-0.3, -0.25) is 19.4 Å². The number of benzene rings is 3. The number of nitrogens with zero attached hydrogens (tertiary/aromatic N) is 8. The first-order chi connectivity index (χ1) is 27.3. The Kier molecular flexibility index (Phi) is 10.6. The molecule has 0 spiro atoms. The summed E-state index contributed by atoms with van der Waals surface area (Å²) in [5.41, 5.74) is 6.99. The Balaban J connectivity index is 0.930. The number of carbonyl (C=O) groups excluding carboxylic acids is 2. The lowest BCUT2D eigenvalue weighted by atomic mass is 10.0. The van der Waals surface area contributed by atoms with Crippen LogP contribution < -0.4 is 0 Å². The second kappa shape index (κ2) is 16.0. The van der Waals surface area contributed by atoms with Crippen LogP contribution in [0.2, 0.25) is 0 Å². The van der Waals surface area contributed by atoms with Crippen molar-refractivity contribution in [1.29, 1.82) is 0 Å². The van der Waals surface area contributed by atoms with Crippen molar-refractivity contribution in [2.45, 2.75) is 49.9 Å². The van der Waals surface area contributed by atoms with Crippen molar-refractivity contribution in [2.24, 2.45) is 0 Å². The normalized spacial score (nSPS) is 18.2. The van der Waals surface area contributed by atoms with Gasteiger partial charge >= 0.3 is 0 Å². The third kappa shape index (κ3) is 7.37. The summed E-state index contributed by atoms with van der Waals surface area (Å²) in [6.45, 7) is 1.40. The number of carbonyl (C=O) groups is 2. The minimum atomic E-state index is -0.364. The molecule has 0 aliphatic carbocycles. The summed E-state index contributed by atoms with van der Waals surface area (Å²) < 4.78 is 0. The van der Waals surface area contributed by atoms with E-state index in [1.165, 1.54) is 0 Å². The van der Waals surface area contributed by atoms with E-state index in [0.29, 0.717) is 18.8 Å². The molecule has 8 rings (SSSR count). The summed E-state index contributed by atoms with van der Waals surface area (Å²) >= 11 is 0. The molecule has 3 aromatic carbocycles. The smallest absolute Gasteiger partial charge is 0.245 e. The molecule has 2 N–H and O–H groups in total. The van der Waals surface area contributed by atoms with Gasteiger partial charge in [-0.1, -0.05) is 84.9 Å². The van der Waals surface area contributed by atoms with Crippen molar-refractivity contribution in [3.05, 3.63) is 132 Å². The van der Waals surface area contributed by atoms with E-state index in [-0.39, 0.29) is 36.0 Å². The number of likely N-dealkylation sites (N-methyl/N-ethyl adjacent to an activating group) is 2. The first-order valence-corrected chi connectivity index (χ1v) is 19.3. The molecule has 2 aliphatic heterocycles. The van der Waals surface area contributed by atoms with Crippen LogP contribution in [0.1, 0.15) is 72.6 Å². The van der Waals surface area contributed by atoms with Crippen LogP contribution in [0.5, 0.6) is 0 Å². The highest BCUT2D eigenvalue weighted by molar-refractivity contribution is 5.84. The summed E-state index contributed by atoms with van der Waals surface area (Å²) in [7, 11) is 7.79. The Bertz CT molecular complexity index is 2090. The minimum absolute atomic E-state index is 0.0783. The highest BCUT2D eigenvalue weighted by Gasteiger charge is 2.38. The van der Waals surface area contributed by atoms with E-state index in [1.54, 1.807) is 6.20 Å². The molecule has 2 aliphatic rings. The molecule has 2 amide bonds. The molecule has 2 fully saturated rings. The predicted octanol–water partition coefficient (Wildman–Crippen LogP) is 6.86. The van der Waals surface area contributed by atoms with Crippen LogP contribution in [-0.4, -0.2) is 103 Å². The van der Waals surface area contributed by atoms with E-state index in [9.17, 15) is 9.59 Å². The van der Waals surface area contributed by atoms with Gasteiger partial charge in [0, 0.05) is 18.7 Å². The average molecular weight is 749 g/mol. The van der Waals surface area contributed by atoms with Crippen LogP contribution in [0.3, 0.4) is 0 Å². The molecule has 12 nitrogen and oxygen atoms in total. The lowest BCUT2D eigenvalue weighted by Crippen LogP contribution is -2.40. The predicted molar refractivity (Wildman–Crippen MR) is 216 cm³/mol. The first kappa shape index (κ1) is 37.0. The zero-order chi connectivity index (χ0) is 38.8. The van der Waals surface area contributed by atoms with E-state index in [2.05, 4.69) is 20.2 Å². The molecule has 4 atom stereocenters. The zero-order valence-electron chi connectivity index (χ0n) is 32.3. The molecule has 0 bridgehead atoms. The van der Waals surface area contributed by atoms with Gasteiger partial charge in [0.1, 0.15) is 29.4 Å². The van der Waals surface area contributed by atoms with Crippen LogP contribution in [0.25, 0.3) is 33.9 Å². The van der Waals surface area contributed by atoms with E-state index in [0.717, 1.165) is 76.7 Å². The van der Waals surface area contributed by atoms with Gasteiger partial charge in [0.05, 0.1) is 41.6 Å². The van der Waals surface area contributed by atoms with E-state index in [1.807, 2.05) is 151 Å². The lowest BCUT2D eigenvalue weighted by molar-refractivity contribution is -0.138. The van der Waals surface area contributed by atoms with E-state index < -0.39 is 0 Å². The maximum atomic E-state index is 13.9. The largest absolute Gasteiger partial charge is 0.340 e. The molecule has 56 heavy (non-hydrogen) atoms. The number of aromatic nitrogens is 6. The van der Waals surface area contributed by atoms with Gasteiger partial charge in [0.2, 0.25) is 11.8 Å². The van der Waals surface area contributed by atoms with E-state index in [4.69, 9.17) is 9.97 Å². The molecule has 3 aromatic heterocycles. The SMILES string of the molecule is CN(C)[C@H](C(=O)N1CCCC1c1ncc(-c2ccc(-c3ccc(-c4cnc([C@@H]5CCCN5C(=O)[C@@H](c5ccccc5)N(C)C)[nH]4)nn3)cc2)[nH]1)c1ccccc1. The Labute approximate surface area is 327 Å². The molecular formula is C44H48N10O2. The Morgan fingerprint density at radius 1 is 0.589 bits per heavy atom. The zero-order valence-corrected chi connectivity index (χ0v) is 32.3. The average Bonchev–Trinajstić information content (AvgIpc) is 4.06. The van der Waals surface area contributed by atoms with Crippen molar-refractivity contribution in [3.8, 4) is 33.9 Å². The highest BCUT2D eigenvalue weighted by atomic mass is 16.2. The van der Waals surface area contributed by atoms with Crippen LogP contribution in [0.4, 0.5) is 0 Å². The number of likely N-dealkylation sites (tertiary alicyclic amines) is 2. The molecule has 5 heterocycles. The number of nitrogens with one attached hydrogen (secondary N) is 2. The monoisotopic (exact) mass is 748 g/mol. The van der Waals surface area contributed by atoms with Crippen molar-refractivity contribution in [2.75, 3.05) is 41.3 Å². The first-order valence-electron chi connectivity index (χ1n) is 19.3. The second-order valence-corrected chi connectivity index (χ2v) is 15.2. The summed E-state index contributed by atoms with van der Waals surface area (Å²) in [4.78, 5) is 52.1. The van der Waals surface area contributed by atoms with Crippen LogP contribution in [0, 0.1) is 0 Å². The highest BCUT2D eigenvalue weighted by Crippen LogP contribution is 2.37. The van der Waals surface area contributed by atoms with E-state index >= 15 is 0 Å². The number of aromatic amines is 2. The fraction of sp³-hybridized carbons (Fsp3) is 0.318. The summed E-state index contributed by atoms with van der Waals surface area (Å²) in [6.07, 6.45) is 7.19. The number of rotatable bonds is 11. The fourth-order valence-electron chi connectivity index (χ4n) is 8.28. The summed E-state index contributed by atoms with van der Waals surface area (Å²) in [5.74, 6) is 1.74. The summed E-state index contributed by atoms with van der Waals surface area (Å²) in [6, 6.07) is 31.0. The van der Waals surface area contributed by atoms with Gasteiger partial charge in [-0.05, 0) is 82.7 Å². The molecule has 286 valence electrons. The molecular weight excluding hydrogens is 701 g/mol. The summed E-state index contributed by atoms with van der Waals surface area (Å²) in [5, 5.41) is 9.10. The van der Waals surface area contributed by atoms with Crippen molar-refractivity contribution in [1.82, 2.24) is 49.7 Å². The number of imidazole rings is 2. The topological polar surface area (TPSA) is 130 Å². The maximum absolute atomic E-state index is 13.9. The van der Waals surface area contributed by atoms with Gasteiger partial charge in [-0.2, -0.15) is 0 Å². The molecule has 6 aromatic rings. The third-order valence-electron chi connectivity index (χ3n) is 11.1. The van der Waals surface area contributed by atoms with Crippen molar-refractivity contribution < 1.29 is 9.59 Å². The van der Waals surface area contributed by atoms with Gasteiger partial charge in [-0.25, -0.2) is 9.97 Å². The Morgan fingerprint density at radius 3 is 1.52 bits per heavy atom. The molecule has 0 saturated carbocycles. The van der Waals surface area contributed by atoms with Crippen molar-refractivity contribution in [3.63, 3.8) is 0 Å². The fourth-order valence-corrected chi connectivity index (χ4v) is 8.28. The second-order valence-electron chi connectivity index (χ2n) is 15.2. The number of hydrogen-bond donors (Lipinski definition) is 2. The van der Waals surface area contributed by atoms with Gasteiger partial charge in [0.25, 0.3) is 0 Å². The van der Waals surface area contributed by atoms with Crippen molar-refractivity contribution >= 4 is 11.8 Å². The standard InChI is InChI=1S/C44H48N10O2/c1-51(2)39(31-13-7-5-8-14-31)43(55)53-25-11-17-37(53)41-45-27-35(47-41)30-21-19-29(20-22-30)33-23-24-34(50-49-33)36-28-46-42(48-36)38-18-12-26-54(38)44(56)40(52(3)4)32-15-9-6-10-16-32/h5-10,13-16,19-24,27-28,37-40H,11-12,17-18,25-26H2,1-4H3,(H,45,47)(H,46,48)/t37?,38-,39-,40+/m0/s1. The third-order valence-corrected chi connectivity index (χ3v) is 11.1. The van der Waals surface area contributed by atoms with Crippen LogP contribution in [-0.2, 0) is 9.59 Å². The number of H-pyrrole nitrogens is 2. The Hall–Kier alpha value is -5.98. The quantitative estimate of drug-likeness (QED) is 0.147. The van der Waals surface area contributed by atoms with Gasteiger partial charge < -0.3 is 19.8 Å². The van der Waals surface area contributed by atoms with Gasteiger partial charge in [0.15, 0.2) is 0 Å². The molecule has 1 unspecified atom stereocenters. The van der Waals surface area contributed by atoms with Crippen LogP contribution in [0.15, 0.2) is 109 Å². The molecule has 12 heteroatoms. The number of hydrogen-bond acceptors (Lipinski definition) is 8. The van der Waals surface area contributed by atoms with Crippen LogP contribution >= 0.6 is 0 Å². The van der Waals surface area contributed by atoms with Gasteiger partial charge in [-0.15, -0.1) is 10.2 Å².